The van der Waals surface area contributed by atoms with Crippen LogP contribution in [0, 0.1) is 16.0 Å². The molecule has 5 nitrogen and oxygen atoms in total. The van der Waals surface area contributed by atoms with Crippen LogP contribution in [0.25, 0.3) is 0 Å². The lowest BCUT2D eigenvalue weighted by atomic mass is 9.86. The van der Waals surface area contributed by atoms with Crippen molar-refractivity contribution in [2.45, 2.75) is 45.1 Å². The number of hydrogen-bond donors (Lipinski definition) is 1. The number of nitro benzene ring substituents is 1. The molecule has 2 rings (SSSR count). The van der Waals surface area contributed by atoms with E-state index in [1.165, 1.54) is 12.5 Å². The quantitative estimate of drug-likeness (QED) is 0.679. The molecule has 0 unspecified atom stereocenters. The molecule has 0 saturated heterocycles. The van der Waals surface area contributed by atoms with Crippen LogP contribution in [0.5, 0.6) is 0 Å². The molecule has 1 aliphatic carbocycles. The Bertz CT molecular complexity index is 502. The Hall–Kier alpha value is -1.91. The number of carbonyl (C=O) groups excluding carboxylic acids is 1. The van der Waals surface area contributed by atoms with Gasteiger partial charge in [0.15, 0.2) is 0 Å². The molecule has 1 fully saturated rings. The maximum absolute atomic E-state index is 12.1. The lowest BCUT2D eigenvalue weighted by molar-refractivity contribution is -0.385. The number of hydrogen-bond acceptors (Lipinski definition) is 3. The fourth-order valence-corrected chi connectivity index (χ4v) is 2.80. The summed E-state index contributed by atoms with van der Waals surface area (Å²) in [4.78, 5) is 22.5. The average molecular weight is 276 g/mol. The number of carbonyl (C=O) groups is 1. The van der Waals surface area contributed by atoms with Crippen molar-refractivity contribution in [3.8, 4) is 0 Å². The van der Waals surface area contributed by atoms with Crippen LogP contribution in [0.1, 0.15) is 38.2 Å². The summed E-state index contributed by atoms with van der Waals surface area (Å²) in [6, 6.07) is 6.62. The van der Waals surface area contributed by atoms with E-state index in [2.05, 4.69) is 12.2 Å². The van der Waals surface area contributed by atoms with Gasteiger partial charge in [-0.25, -0.2) is 0 Å². The highest BCUT2D eigenvalue weighted by molar-refractivity contribution is 5.80. The van der Waals surface area contributed by atoms with Gasteiger partial charge in [-0.1, -0.05) is 38.0 Å². The second-order valence-electron chi connectivity index (χ2n) is 5.50. The second-order valence-corrected chi connectivity index (χ2v) is 5.50. The van der Waals surface area contributed by atoms with Crippen molar-refractivity contribution >= 4 is 11.6 Å². The molecular weight excluding hydrogens is 256 g/mol. The lowest BCUT2D eigenvalue weighted by Gasteiger charge is -2.29. The van der Waals surface area contributed by atoms with E-state index in [9.17, 15) is 14.9 Å². The highest BCUT2D eigenvalue weighted by Gasteiger charge is 2.23. The molecule has 108 valence electrons. The van der Waals surface area contributed by atoms with Gasteiger partial charge in [-0.15, -0.1) is 0 Å². The Labute approximate surface area is 118 Å². The molecular formula is C15H20N2O3. The van der Waals surface area contributed by atoms with Crippen molar-refractivity contribution in [2.75, 3.05) is 0 Å². The van der Waals surface area contributed by atoms with Crippen LogP contribution in [0.15, 0.2) is 24.3 Å². The van der Waals surface area contributed by atoms with Crippen molar-refractivity contribution in [1.29, 1.82) is 0 Å². The van der Waals surface area contributed by atoms with Gasteiger partial charge in [0.2, 0.25) is 5.91 Å². The zero-order valence-electron chi connectivity index (χ0n) is 11.7. The Morgan fingerprint density at radius 1 is 1.35 bits per heavy atom. The van der Waals surface area contributed by atoms with Gasteiger partial charge in [0.25, 0.3) is 5.69 Å². The highest BCUT2D eigenvalue weighted by atomic mass is 16.6. The molecule has 1 saturated carbocycles. The Balaban J connectivity index is 1.99. The fourth-order valence-electron chi connectivity index (χ4n) is 2.80. The van der Waals surface area contributed by atoms with E-state index in [0.29, 0.717) is 11.5 Å². The molecule has 20 heavy (non-hydrogen) atoms. The van der Waals surface area contributed by atoms with E-state index in [0.717, 1.165) is 19.3 Å². The van der Waals surface area contributed by atoms with Gasteiger partial charge in [-0.05, 0) is 18.8 Å². The van der Waals surface area contributed by atoms with Crippen LogP contribution in [0.4, 0.5) is 5.69 Å². The van der Waals surface area contributed by atoms with Crippen molar-refractivity contribution < 1.29 is 9.72 Å². The van der Waals surface area contributed by atoms with E-state index in [4.69, 9.17) is 0 Å². The largest absolute Gasteiger partial charge is 0.353 e. The molecule has 1 aliphatic rings. The molecule has 1 aromatic rings. The van der Waals surface area contributed by atoms with Crippen molar-refractivity contribution in [2.24, 2.45) is 5.92 Å². The van der Waals surface area contributed by atoms with Crippen LogP contribution in [0.2, 0.25) is 0 Å². The number of nitro groups is 1. The monoisotopic (exact) mass is 276 g/mol. The number of nitrogens with zero attached hydrogens (tertiary/aromatic N) is 1. The highest BCUT2D eigenvalue weighted by Crippen LogP contribution is 2.24. The maximum Gasteiger partial charge on any atom is 0.273 e. The molecule has 0 aromatic heterocycles. The standard InChI is InChI=1S/C15H20N2O3/c1-11-6-2-4-8-13(11)16-15(18)10-12-7-3-5-9-14(12)17(19)20/h3,5,7,9,11,13H,2,4,6,8,10H2,1H3,(H,16,18)/t11-,13-/m1/s1. The second kappa shape index (κ2) is 6.50. The number of nitrogens with one attached hydrogen (secondary N) is 1. The molecule has 1 N–H and O–H groups in total. The summed E-state index contributed by atoms with van der Waals surface area (Å²) in [5.74, 6) is 0.358. The third-order valence-corrected chi connectivity index (χ3v) is 4.00. The summed E-state index contributed by atoms with van der Waals surface area (Å²) in [6.45, 7) is 2.15. The minimum atomic E-state index is -0.439. The van der Waals surface area contributed by atoms with Gasteiger partial charge in [-0.2, -0.15) is 0 Å². The van der Waals surface area contributed by atoms with Gasteiger partial charge in [0, 0.05) is 17.7 Å². The van der Waals surface area contributed by atoms with E-state index in [1.807, 2.05) is 0 Å². The Morgan fingerprint density at radius 2 is 2.05 bits per heavy atom. The molecule has 0 heterocycles. The predicted octanol–water partition coefficient (Wildman–Crippen LogP) is 2.83. The third-order valence-electron chi connectivity index (χ3n) is 4.00. The van der Waals surface area contributed by atoms with Gasteiger partial charge < -0.3 is 5.32 Å². The summed E-state index contributed by atoms with van der Waals surface area (Å²) < 4.78 is 0. The lowest BCUT2D eigenvalue weighted by Crippen LogP contribution is -2.41. The average Bonchev–Trinajstić information content (AvgIpc) is 2.41. The number of para-hydroxylation sites is 1. The van der Waals surface area contributed by atoms with Gasteiger partial charge in [-0.3, -0.25) is 14.9 Å². The first-order valence-electron chi connectivity index (χ1n) is 7.09. The van der Waals surface area contributed by atoms with E-state index >= 15 is 0 Å². The summed E-state index contributed by atoms with van der Waals surface area (Å²) in [5.41, 5.74) is 0.484. The molecule has 1 amide bonds. The molecule has 2 atom stereocenters. The summed E-state index contributed by atoms with van der Waals surface area (Å²) in [7, 11) is 0. The summed E-state index contributed by atoms with van der Waals surface area (Å²) in [6.07, 6.45) is 4.57. The molecule has 1 aromatic carbocycles. The minimum absolute atomic E-state index is 0.0133. The van der Waals surface area contributed by atoms with Crippen LogP contribution in [-0.2, 0) is 11.2 Å². The minimum Gasteiger partial charge on any atom is -0.353 e. The van der Waals surface area contributed by atoms with Crippen molar-refractivity contribution in [3.63, 3.8) is 0 Å². The summed E-state index contributed by atoms with van der Waals surface area (Å²) in [5, 5.41) is 13.9. The van der Waals surface area contributed by atoms with Gasteiger partial charge in [0.1, 0.15) is 0 Å². The topological polar surface area (TPSA) is 72.2 Å². The van der Waals surface area contributed by atoms with Crippen LogP contribution < -0.4 is 5.32 Å². The summed E-state index contributed by atoms with van der Waals surface area (Å²) >= 11 is 0. The first kappa shape index (κ1) is 14.5. The van der Waals surface area contributed by atoms with Crippen LogP contribution in [0.3, 0.4) is 0 Å². The van der Waals surface area contributed by atoms with Crippen molar-refractivity contribution in [3.05, 3.63) is 39.9 Å². The fraction of sp³-hybridized carbons (Fsp3) is 0.533. The van der Waals surface area contributed by atoms with E-state index in [-0.39, 0.29) is 24.1 Å². The third kappa shape index (κ3) is 3.56. The molecule has 0 radical (unpaired) electrons. The normalized spacial score (nSPS) is 22.2. The Kier molecular flexibility index (Phi) is 4.71. The first-order chi connectivity index (χ1) is 9.58. The van der Waals surface area contributed by atoms with Gasteiger partial charge >= 0.3 is 0 Å². The van der Waals surface area contributed by atoms with E-state index in [1.54, 1.807) is 18.2 Å². The maximum atomic E-state index is 12.1. The van der Waals surface area contributed by atoms with E-state index < -0.39 is 4.92 Å². The smallest absolute Gasteiger partial charge is 0.273 e. The Morgan fingerprint density at radius 3 is 2.75 bits per heavy atom. The molecule has 0 spiro atoms. The molecule has 5 heteroatoms. The number of amides is 1. The zero-order chi connectivity index (χ0) is 14.5. The van der Waals surface area contributed by atoms with Gasteiger partial charge in [0.05, 0.1) is 11.3 Å². The number of benzene rings is 1. The predicted molar refractivity (Wildman–Crippen MR) is 76.4 cm³/mol. The molecule has 0 aliphatic heterocycles. The first-order valence-corrected chi connectivity index (χ1v) is 7.09. The number of rotatable bonds is 4. The molecule has 0 bridgehead atoms. The van der Waals surface area contributed by atoms with Crippen LogP contribution in [-0.4, -0.2) is 16.9 Å². The van der Waals surface area contributed by atoms with Crippen LogP contribution >= 0.6 is 0 Å². The van der Waals surface area contributed by atoms with Crippen molar-refractivity contribution in [1.82, 2.24) is 5.32 Å². The zero-order valence-corrected chi connectivity index (χ0v) is 11.7. The SMILES string of the molecule is C[C@@H]1CCCC[C@H]1NC(=O)Cc1ccccc1[N+](=O)[O-].